The van der Waals surface area contributed by atoms with Gasteiger partial charge in [-0.2, -0.15) is 0 Å². The van der Waals surface area contributed by atoms with Crippen molar-refractivity contribution >= 4 is 5.91 Å². The van der Waals surface area contributed by atoms with Crippen molar-refractivity contribution in [3.8, 4) is 0 Å². The summed E-state index contributed by atoms with van der Waals surface area (Å²) in [6, 6.07) is 3.92. The van der Waals surface area contributed by atoms with Gasteiger partial charge in [0.1, 0.15) is 0 Å². The van der Waals surface area contributed by atoms with Crippen LogP contribution < -0.4 is 5.32 Å². The Morgan fingerprint density at radius 1 is 1.39 bits per heavy atom. The molecule has 0 atom stereocenters. The second kappa shape index (κ2) is 6.50. The Hall–Kier alpha value is -1.42. The normalized spacial score (nSPS) is 16.8. The number of likely N-dealkylation sites (tertiary alicyclic amines) is 1. The molecule has 1 aromatic heterocycles. The molecule has 0 saturated carbocycles. The van der Waals surface area contributed by atoms with E-state index in [1.54, 1.807) is 12.4 Å². The minimum Gasteiger partial charge on any atom is -0.342 e. The maximum absolute atomic E-state index is 11.9. The number of pyridine rings is 1. The highest BCUT2D eigenvalue weighted by Crippen LogP contribution is 2.15. The van der Waals surface area contributed by atoms with E-state index in [0.717, 1.165) is 44.0 Å². The molecule has 18 heavy (non-hydrogen) atoms. The number of piperidine rings is 1. The van der Waals surface area contributed by atoms with Crippen molar-refractivity contribution in [1.82, 2.24) is 15.2 Å². The van der Waals surface area contributed by atoms with E-state index < -0.39 is 0 Å². The predicted octanol–water partition coefficient (Wildman–Crippen LogP) is 1.43. The van der Waals surface area contributed by atoms with Crippen LogP contribution in [0.5, 0.6) is 0 Å². The van der Waals surface area contributed by atoms with Crippen molar-refractivity contribution < 1.29 is 4.79 Å². The molecule has 1 N–H and O–H groups in total. The van der Waals surface area contributed by atoms with Gasteiger partial charge in [-0.15, -0.1) is 0 Å². The maximum Gasteiger partial charge on any atom is 0.236 e. The molecule has 1 aromatic rings. The van der Waals surface area contributed by atoms with E-state index >= 15 is 0 Å². The lowest BCUT2D eigenvalue weighted by Gasteiger charge is -2.30. The van der Waals surface area contributed by atoms with Crippen LogP contribution in [0.3, 0.4) is 0 Å². The summed E-state index contributed by atoms with van der Waals surface area (Å²) in [4.78, 5) is 17.9. The van der Waals surface area contributed by atoms with Gasteiger partial charge in [0.05, 0.1) is 6.54 Å². The van der Waals surface area contributed by atoms with Crippen LogP contribution in [0.1, 0.15) is 25.3 Å². The Balaban J connectivity index is 1.69. The zero-order valence-corrected chi connectivity index (χ0v) is 10.9. The lowest BCUT2D eigenvalue weighted by atomic mass is 9.99. The first-order valence-corrected chi connectivity index (χ1v) is 6.63. The van der Waals surface area contributed by atoms with Crippen LogP contribution in [0.4, 0.5) is 0 Å². The summed E-state index contributed by atoms with van der Waals surface area (Å²) in [7, 11) is 0. The molecule has 1 saturated heterocycles. The van der Waals surface area contributed by atoms with Crippen LogP contribution >= 0.6 is 0 Å². The first kappa shape index (κ1) is 13.0. The van der Waals surface area contributed by atoms with Crippen molar-refractivity contribution in [2.75, 3.05) is 19.6 Å². The van der Waals surface area contributed by atoms with E-state index in [1.807, 2.05) is 17.0 Å². The Morgan fingerprint density at radius 3 is 2.72 bits per heavy atom. The zero-order chi connectivity index (χ0) is 12.8. The molecule has 4 nitrogen and oxygen atoms in total. The zero-order valence-electron chi connectivity index (χ0n) is 10.9. The molecular weight excluding hydrogens is 226 g/mol. The second-order valence-electron chi connectivity index (χ2n) is 5.02. The molecule has 1 aliphatic heterocycles. The van der Waals surface area contributed by atoms with Gasteiger partial charge in [-0.25, -0.2) is 0 Å². The molecule has 1 aliphatic rings. The van der Waals surface area contributed by atoms with Gasteiger partial charge in [0.2, 0.25) is 5.91 Å². The number of carbonyl (C=O) groups excluding carboxylic acids is 1. The van der Waals surface area contributed by atoms with E-state index in [0.29, 0.717) is 6.54 Å². The van der Waals surface area contributed by atoms with Crippen LogP contribution in [-0.4, -0.2) is 35.4 Å². The third-order valence-corrected chi connectivity index (χ3v) is 3.49. The van der Waals surface area contributed by atoms with Crippen LogP contribution in [0.2, 0.25) is 0 Å². The smallest absolute Gasteiger partial charge is 0.236 e. The summed E-state index contributed by atoms with van der Waals surface area (Å²) in [5.41, 5.74) is 1.16. The number of carbonyl (C=O) groups is 1. The molecule has 2 rings (SSSR count). The minimum atomic E-state index is 0.218. The number of rotatable bonds is 4. The Bertz CT molecular complexity index is 372. The molecule has 0 aliphatic carbocycles. The monoisotopic (exact) mass is 247 g/mol. The lowest BCUT2D eigenvalue weighted by molar-refractivity contribution is -0.131. The Labute approximate surface area is 108 Å². The van der Waals surface area contributed by atoms with Gasteiger partial charge >= 0.3 is 0 Å². The highest BCUT2D eigenvalue weighted by Gasteiger charge is 2.19. The number of amides is 1. The predicted molar refractivity (Wildman–Crippen MR) is 70.9 cm³/mol. The van der Waals surface area contributed by atoms with Crippen molar-refractivity contribution in [1.29, 1.82) is 0 Å². The van der Waals surface area contributed by atoms with Gasteiger partial charge in [0, 0.05) is 32.0 Å². The van der Waals surface area contributed by atoms with Crippen molar-refractivity contribution in [2.45, 2.75) is 26.3 Å². The van der Waals surface area contributed by atoms with Gasteiger partial charge < -0.3 is 10.2 Å². The number of aromatic nitrogens is 1. The van der Waals surface area contributed by atoms with Gasteiger partial charge in [-0.1, -0.05) is 6.92 Å². The molecule has 1 fully saturated rings. The summed E-state index contributed by atoms with van der Waals surface area (Å²) in [5, 5.41) is 3.19. The van der Waals surface area contributed by atoms with Crippen LogP contribution in [0.15, 0.2) is 24.5 Å². The standard InChI is InChI=1S/C14H21N3O/c1-12-4-8-17(9-5-12)14(18)11-16-10-13-2-6-15-7-3-13/h2-3,6-7,12,16H,4-5,8-11H2,1H3. The summed E-state index contributed by atoms with van der Waals surface area (Å²) < 4.78 is 0. The molecule has 0 radical (unpaired) electrons. The van der Waals surface area contributed by atoms with Gasteiger partial charge in [-0.05, 0) is 36.5 Å². The SMILES string of the molecule is CC1CCN(C(=O)CNCc2ccncc2)CC1. The van der Waals surface area contributed by atoms with Crippen LogP contribution in [0.25, 0.3) is 0 Å². The largest absolute Gasteiger partial charge is 0.342 e. The Morgan fingerprint density at radius 2 is 2.06 bits per heavy atom. The average molecular weight is 247 g/mol. The molecule has 1 amide bonds. The summed E-state index contributed by atoms with van der Waals surface area (Å²) in [6.07, 6.45) is 5.81. The molecule has 2 heterocycles. The van der Waals surface area contributed by atoms with Gasteiger partial charge in [0.25, 0.3) is 0 Å². The van der Waals surface area contributed by atoms with Gasteiger partial charge in [0.15, 0.2) is 0 Å². The van der Waals surface area contributed by atoms with Gasteiger partial charge in [-0.3, -0.25) is 9.78 Å². The third kappa shape index (κ3) is 3.81. The highest BCUT2D eigenvalue weighted by molar-refractivity contribution is 5.78. The maximum atomic E-state index is 11.9. The number of hydrogen-bond donors (Lipinski definition) is 1. The topological polar surface area (TPSA) is 45.2 Å². The molecule has 0 spiro atoms. The van der Waals surface area contributed by atoms with E-state index in [-0.39, 0.29) is 5.91 Å². The van der Waals surface area contributed by atoms with E-state index in [4.69, 9.17) is 0 Å². The second-order valence-corrected chi connectivity index (χ2v) is 5.02. The molecule has 98 valence electrons. The minimum absolute atomic E-state index is 0.218. The summed E-state index contributed by atoms with van der Waals surface area (Å²) >= 11 is 0. The lowest BCUT2D eigenvalue weighted by Crippen LogP contribution is -2.42. The average Bonchev–Trinajstić information content (AvgIpc) is 2.40. The number of nitrogens with one attached hydrogen (secondary N) is 1. The van der Waals surface area contributed by atoms with E-state index in [2.05, 4.69) is 17.2 Å². The fourth-order valence-corrected chi connectivity index (χ4v) is 2.18. The van der Waals surface area contributed by atoms with Crippen LogP contribution in [0, 0.1) is 5.92 Å². The van der Waals surface area contributed by atoms with Crippen molar-refractivity contribution in [3.63, 3.8) is 0 Å². The fourth-order valence-electron chi connectivity index (χ4n) is 2.18. The summed E-state index contributed by atoms with van der Waals surface area (Å²) in [6.45, 7) is 5.23. The molecule has 0 aromatic carbocycles. The first-order chi connectivity index (χ1) is 8.75. The quantitative estimate of drug-likeness (QED) is 0.875. The Kier molecular flexibility index (Phi) is 4.70. The molecule has 0 bridgehead atoms. The molecular formula is C14H21N3O. The first-order valence-electron chi connectivity index (χ1n) is 6.63. The summed E-state index contributed by atoms with van der Waals surface area (Å²) in [5.74, 6) is 0.981. The molecule has 0 unspecified atom stereocenters. The fraction of sp³-hybridized carbons (Fsp3) is 0.571. The van der Waals surface area contributed by atoms with Crippen molar-refractivity contribution in [3.05, 3.63) is 30.1 Å². The van der Waals surface area contributed by atoms with Crippen LogP contribution in [-0.2, 0) is 11.3 Å². The molecule has 4 heteroatoms. The van der Waals surface area contributed by atoms with E-state index in [9.17, 15) is 4.79 Å². The number of hydrogen-bond acceptors (Lipinski definition) is 3. The highest BCUT2D eigenvalue weighted by atomic mass is 16.2. The third-order valence-electron chi connectivity index (χ3n) is 3.49. The van der Waals surface area contributed by atoms with Crippen molar-refractivity contribution in [2.24, 2.45) is 5.92 Å². The van der Waals surface area contributed by atoms with E-state index in [1.165, 1.54) is 0 Å². The number of nitrogens with zero attached hydrogens (tertiary/aromatic N) is 2.